The first-order chi connectivity index (χ1) is 6.51. The predicted octanol–water partition coefficient (Wildman–Crippen LogP) is 3.66. The molecule has 2 aliphatic carbocycles. The highest BCUT2D eigenvalue weighted by molar-refractivity contribution is 6.69. The normalized spacial score (nSPS) is 42.0. The summed E-state index contributed by atoms with van der Waals surface area (Å²) in [6, 6.07) is 0. The molecule has 0 aromatic rings. The van der Waals surface area contributed by atoms with E-state index in [4.69, 9.17) is 4.43 Å². The molecule has 0 spiro atoms. The average Bonchev–Trinajstić information content (AvgIpc) is 2.81. The van der Waals surface area contributed by atoms with Crippen LogP contribution in [0.25, 0.3) is 0 Å². The number of rotatable bonds is 3. The summed E-state index contributed by atoms with van der Waals surface area (Å²) in [5.74, 6) is 3.01. The summed E-state index contributed by atoms with van der Waals surface area (Å²) in [5, 5.41) is 0. The molecule has 0 aliphatic heterocycles. The van der Waals surface area contributed by atoms with Gasteiger partial charge in [-0.15, -0.1) is 0 Å². The van der Waals surface area contributed by atoms with Gasteiger partial charge >= 0.3 is 0 Å². The van der Waals surface area contributed by atoms with Crippen LogP contribution >= 0.6 is 0 Å². The number of hydrogen-bond donors (Lipinski definition) is 0. The lowest BCUT2D eigenvalue weighted by atomic mass is 9.86. The van der Waals surface area contributed by atoms with Gasteiger partial charge in [0, 0.05) is 6.10 Å². The summed E-state index contributed by atoms with van der Waals surface area (Å²) in [5.41, 5.74) is 0. The van der Waals surface area contributed by atoms with Crippen molar-refractivity contribution < 1.29 is 4.43 Å². The highest BCUT2D eigenvalue weighted by Gasteiger charge is 2.50. The van der Waals surface area contributed by atoms with Crippen molar-refractivity contribution in [2.75, 3.05) is 0 Å². The minimum Gasteiger partial charge on any atom is -0.414 e. The van der Waals surface area contributed by atoms with Gasteiger partial charge in [-0.25, -0.2) is 0 Å². The Labute approximate surface area is 89.4 Å². The average molecular weight is 212 g/mol. The van der Waals surface area contributed by atoms with Crippen LogP contribution in [-0.2, 0) is 4.43 Å². The van der Waals surface area contributed by atoms with Crippen molar-refractivity contribution in [2.24, 2.45) is 17.8 Å². The molecule has 2 heteroatoms. The second-order valence-electron chi connectivity index (χ2n) is 6.08. The molecule has 0 aromatic carbocycles. The topological polar surface area (TPSA) is 9.23 Å². The Morgan fingerprint density at radius 1 is 1.14 bits per heavy atom. The van der Waals surface area contributed by atoms with E-state index >= 15 is 0 Å². The van der Waals surface area contributed by atoms with Crippen molar-refractivity contribution in [3.63, 3.8) is 0 Å². The van der Waals surface area contributed by atoms with E-state index in [9.17, 15) is 0 Å². The second kappa shape index (κ2) is 3.64. The maximum atomic E-state index is 6.26. The van der Waals surface area contributed by atoms with Crippen LogP contribution in [0.1, 0.15) is 32.6 Å². The molecule has 82 valence electrons. The Balaban J connectivity index is 1.88. The summed E-state index contributed by atoms with van der Waals surface area (Å²) < 4.78 is 6.26. The fourth-order valence-corrected chi connectivity index (χ4v) is 4.32. The zero-order chi connectivity index (χ0) is 10.3. The van der Waals surface area contributed by atoms with E-state index in [0.29, 0.717) is 6.10 Å². The van der Waals surface area contributed by atoms with Crippen molar-refractivity contribution in [1.29, 1.82) is 0 Å². The molecule has 0 heterocycles. The third kappa shape index (κ3) is 2.22. The van der Waals surface area contributed by atoms with Crippen LogP contribution in [0.5, 0.6) is 0 Å². The molecule has 2 saturated carbocycles. The van der Waals surface area contributed by atoms with E-state index in [1.54, 1.807) is 0 Å². The Hall–Kier alpha value is 0.177. The fraction of sp³-hybridized carbons (Fsp3) is 1.00. The second-order valence-corrected chi connectivity index (χ2v) is 10.5. The first-order valence-electron chi connectivity index (χ1n) is 6.19. The van der Waals surface area contributed by atoms with E-state index in [2.05, 4.69) is 26.6 Å². The van der Waals surface area contributed by atoms with Gasteiger partial charge in [0.1, 0.15) is 0 Å². The van der Waals surface area contributed by atoms with E-state index in [-0.39, 0.29) is 0 Å². The highest BCUT2D eigenvalue weighted by Crippen LogP contribution is 2.55. The van der Waals surface area contributed by atoms with E-state index in [1.807, 2.05) is 0 Å². The SMILES string of the molecule is CC[C@H]1CC[C@@H](O[Si](C)(C)C)[C@@H]2C[C@H]12. The van der Waals surface area contributed by atoms with Gasteiger partial charge < -0.3 is 4.43 Å². The molecule has 14 heavy (non-hydrogen) atoms. The molecule has 2 fully saturated rings. The maximum absolute atomic E-state index is 6.26. The third-order valence-corrected chi connectivity index (χ3v) is 4.84. The van der Waals surface area contributed by atoms with Gasteiger partial charge in [0.25, 0.3) is 0 Å². The van der Waals surface area contributed by atoms with Crippen molar-refractivity contribution in [1.82, 2.24) is 0 Å². The van der Waals surface area contributed by atoms with Crippen LogP contribution in [0.15, 0.2) is 0 Å². The Bertz CT molecular complexity index is 209. The smallest absolute Gasteiger partial charge is 0.184 e. The van der Waals surface area contributed by atoms with E-state index < -0.39 is 8.32 Å². The molecule has 2 aliphatic rings. The van der Waals surface area contributed by atoms with E-state index in [1.165, 1.54) is 25.7 Å². The van der Waals surface area contributed by atoms with Crippen LogP contribution in [0.3, 0.4) is 0 Å². The summed E-state index contributed by atoms with van der Waals surface area (Å²) in [4.78, 5) is 0. The molecule has 0 saturated heterocycles. The predicted molar refractivity (Wildman–Crippen MR) is 62.8 cm³/mol. The molecule has 4 atom stereocenters. The van der Waals surface area contributed by atoms with Crippen molar-refractivity contribution in [2.45, 2.75) is 58.4 Å². The van der Waals surface area contributed by atoms with Crippen molar-refractivity contribution >= 4 is 8.32 Å². The summed E-state index contributed by atoms with van der Waals surface area (Å²) in [6.45, 7) is 9.29. The zero-order valence-electron chi connectivity index (χ0n) is 10.0. The molecule has 0 aromatic heterocycles. The third-order valence-electron chi connectivity index (χ3n) is 3.83. The molecule has 0 unspecified atom stereocenters. The standard InChI is InChI=1S/C12H24OSi/c1-5-9-6-7-12(11-8-10(9)11)13-14(2,3)4/h9-12H,5-8H2,1-4H3/t9-,10+,11+,12+/m0/s1. The lowest BCUT2D eigenvalue weighted by molar-refractivity contribution is 0.111. The minimum absolute atomic E-state index is 0.634. The summed E-state index contributed by atoms with van der Waals surface area (Å²) in [7, 11) is -1.29. The molecule has 0 radical (unpaired) electrons. The molecular formula is C12H24OSi. The molecule has 2 rings (SSSR count). The van der Waals surface area contributed by atoms with Gasteiger partial charge in [0.15, 0.2) is 8.32 Å². The number of hydrogen-bond acceptors (Lipinski definition) is 1. The van der Waals surface area contributed by atoms with Crippen LogP contribution in [-0.4, -0.2) is 14.4 Å². The quantitative estimate of drug-likeness (QED) is 0.649. The van der Waals surface area contributed by atoms with Gasteiger partial charge in [-0.1, -0.05) is 13.3 Å². The Kier molecular flexibility index (Phi) is 2.78. The van der Waals surface area contributed by atoms with Crippen LogP contribution in [0, 0.1) is 17.8 Å². The van der Waals surface area contributed by atoms with Gasteiger partial charge in [-0.05, 0) is 56.7 Å². The summed E-state index contributed by atoms with van der Waals surface area (Å²) >= 11 is 0. The largest absolute Gasteiger partial charge is 0.414 e. The van der Waals surface area contributed by atoms with Crippen LogP contribution in [0.4, 0.5) is 0 Å². The summed E-state index contributed by atoms with van der Waals surface area (Å²) in [6.07, 6.45) is 6.25. The monoisotopic (exact) mass is 212 g/mol. The van der Waals surface area contributed by atoms with E-state index in [0.717, 1.165) is 17.8 Å². The van der Waals surface area contributed by atoms with Crippen molar-refractivity contribution in [3.05, 3.63) is 0 Å². The first-order valence-corrected chi connectivity index (χ1v) is 9.60. The lowest BCUT2D eigenvalue weighted by Crippen LogP contribution is -2.35. The fourth-order valence-electron chi connectivity index (χ4n) is 3.12. The van der Waals surface area contributed by atoms with Crippen LogP contribution < -0.4 is 0 Å². The van der Waals surface area contributed by atoms with Gasteiger partial charge in [-0.3, -0.25) is 0 Å². The van der Waals surface area contributed by atoms with Gasteiger partial charge in [0.2, 0.25) is 0 Å². The van der Waals surface area contributed by atoms with Crippen LogP contribution in [0.2, 0.25) is 19.6 Å². The molecule has 0 amide bonds. The Morgan fingerprint density at radius 2 is 1.86 bits per heavy atom. The molecule has 0 N–H and O–H groups in total. The van der Waals surface area contributed by atoms with Gasteiger partial charge in [0.05, 0.1) is 0 Å². The minimum atomic E-state index is -1.29. The van der Waals surface area contributed by atoms with Crippen molar-refractivity contribution in [3.8, 4) is 0 Å². The Morgan fingerprint density at radius 3 is 2.43 bits per heavy atom. The molecule has 1 nitrogen and oxygen atoms in total. The molecular weight excluding hydrogens is 188 g/mol. The molecule has 0 bridgehead atoms. The highest BCUT2D eigenvalue weighted by atomic mass is 28.4. The zero-order valence-corrected chi connectivity index (χ0v) is 11.0. The van der Waals surface area contributed by atoms with Gasteiger partial charge in [-0.2, -0.15) is 0 Å². The number of fused-ring (bicyclic) bond motifs is 1. The lowest BCUT2D eigenvalue weighted by Gasteiger charge is -2.32. The first kappa shape index (κ1) is 10.7. The maximum Gasteiger partial charge on any atom is 0.184 e.